The number of carboxylic acid groups (broad SMARTS) is 1. The van der Waals surface area contributed by atoms with Crippen molar-refractivity contribution in [1.82, 2.24) is 10.6 Å². The lowest BCUT2D eigenvalue weighted by Gasteiger charge is -2.16. The van der Waals surface area contributed by atoms with Crippen molar-refractivity contribution in [3.05, 3.63) is 11.6 Å². The van der Waals surface area contributed by atoms with Gasteiger partial charge in [-0.2, -0.15) is 0 Å². The monoisotopic (exact) mass is 266 g/mol. The van der Waals surface area contributed by atoms with Crippen LogP contribution in [0.2, 0.25) is 0 Å². The Morgan fingerprint density at radius 3 is 2.79 bits per heavy atom. The molecule has 5 nitrogen and oxygen atoms in total. The molecule has 0 aliphatic heterocycles. The molecule has 2 rings (SSSR count). The number of hydrogen-bond acceptors (Lipinski definition) is 2. The third kappa shape index (κ3) is 4.93. The summed E-state index contributed by atoms with van der Waals surface area (Å²) in [6.07, 6.45) is 8.73. The van der Waals surface area contributed by atoms with E-state index in [-0.39, 0.29) is 18.5 Å². The molecular formula is C14H22N2O3. The molecule has 2 aliphatic rings. The minimum atomic E-state index is -0.853. The fraction of sp³-hybridized carbons (Fsp3) is 0.714. The van der Waals surface area contributed by atoms with Crippen LogP contribution in [0.1, 0.15) is 44.9 Å². The SMILES string of the molecule is O=C(O)CC(NC(=O)NCCC1=CCCC1)C1CC1. The van der Waals surface area contributed by atoms with Gasteiger partial charge in [-0.25, -0.2) is 4.79 Å². The second-order valence-electron chi connectivity index (χ2n) is 5.45. The van der Waals surface area contributed by atoms with E-state index in [0.717, 1.165) is 32.1 Å². The molecule has 2 amide bonds. The quantitative estimate of drug-likeness (QED) is 0.617. The number of rotatable bonds is 7. The van der Waals surface area contributed by atoms with E-state index in [1.54, 1.807) is 0 Å². The lowest BCUT2D eigenvalue weighted by molar-refractivity contribution is -0.137. The second kappa shape index (κ2) is 6.59. The first-order chi connectivity index (χ1) is 9.15. The topological polar surface area (TPSA) is 78.4 Å². The normalized spacial score (nSPS) is 19.7. The highest BCUT2D eigenvalue weighted by Crippen LogP contribution is 2.33. The summed E-state index contributed by atoms with van der Waals surface area (Å²) in [7, 11) is 0. The summed E-state index contributed by atoms with van der Waals surface area (Å²) < 4.78 is 0. The number of hydrogen-bond donors (Lipinski definition) is 3. The number of nitrogens with one attached hydrogen (secondary N) is 2. The third-order valence-corrected chi connectivity index (χ3v) is 3.77. The Hall–Kier alpha value is -1.52. The number of allylic oxidation sites excluding steroid dienone is 1. The minimum absolute atomic E-state index is 0.0171. The zero-order valence-corrected chi connectivity index (χ0v) is 11.2. The molecular weight excluding hydrogens is 244 g/mol. The van der Waals surface area contributed by atoms with Gasteiger partial charge < -0.3 is 15.7 Å². The van der Waals surface area contributed by atoms with Gasteiger partial charge in [0.1, 0.15) is 0 Å². The number of carbonyl (C=O) groups excluding carboxylic acids is 1. The summed E-state index contributed by atoms with van der Waals surface area (Å²) in [5.74, 6) is -0.507. The molecule has 19 heavy (non-hydrogen) atoms. The van der Waals surface area contributed by atoms with Crippen LogP contribution in [0.15, 0.2) is 11.6 Å². The lowest BCUT2D eigenvalue weighted by Crippen LogP contribution is -2.44. The molecule has 0 aromatic rings. The van der Waals surface area contributed by atoms with E-state index in [4.69, 9.17) is 5.11 Å². The van der Waals surface area contributed by atoms with E-state index >= 15 is 0 Å². The molecule has 0 bridgehead atoms. The van der Waals surface area contributed by atoms with Gasteiger partial charge in [0, 0.05) is 12.6 Å². The van der Waals surface area contributed by atoms with Crippen molar-refractivity contribution >= 4 is 12.0 Å². The van der Waals surface area contributed by atoms with Crippen LogP contribution >= 0.6 is 0 Å². The molecule has 0 heterocycles. The Labute approximate surface area is 113 Å². The van der Waals surface area contributed by atoms with Crippen LogP contribution in [0.3, 0.4) is 0 Å². The standard InChI is InChI=1S/C14H22N2O3/c17-13(18)9-12(11-5-6-11)16-14(19)15-8-7-10-3-1-2-4-10/h3,11-12H,1-2,4-9H2,(H,17,18)(H2,15,16,19). The van der Waals surface area contributed by atoms with Gasteiger partial charge in [0.2, 0.25) is 0 Å². The maximum absolute atomic E-state index is 11.7. The highest BCUT2D eigenvalue weighted by atomic mass is 16.4. The van der Waals surface area contributed by atoms with Gasteiger partial charge in [0.25, 0.3) is 0 Å². The van der Waals surface area contributed by atoms with Crippen molar-refractivity contribution in [2.75, 3.05) is 6.54 Å². The fourth-order valence-corrected chi connectivity index (χ4v) is 2.54. The van der Waals surface area contributed by atoms with Crippen molar-refractivity contribution in [3.8, 4) is 0 Å². The highest BCUT2D eigenvalue weighted by molar-refractivity contribution is 5.75. The fourth-order valence-electron chi connectivity index (χ4n) is 2.54. The number of amides is 2. The van der Waals surface area contributed by atoms with Gasteiger partial charge in [-0.05, 0) is 44.4 Å². The minimum Gasteiger partial charge on any atom is -0.481 e. The van der Waals surface area contributed by atoms with E-state index in [9.17, 15) is 9.59 Å². The van der Waals surface area contributed by atoms with E-state index in [1.165, 1.54) is 12.0 Å². The maximum Gasteiger partial charge on any atom is 0.315 e. The van der Waals surface area contributed by atoms with Crippen LogP contribution in [0.25, 0.3) is 0 Å². The van der Waals surface area contributed by atoms with Crippen molar-refractivity contribution < 1.29 is 14.7 Å². The summed E-state index contributed by atoms with van der Waals surface area (Å²) in [5.41, 5.74) is 1.42. The van der Waals surface area contributed by atoms with E-state index in [1.807, 2.05) is 0 Å². The molecule has 106 valence electrons. The molecule has 0 saturated heterocycles. The molecule has 0 aromatic carbocycles. The molecule has 0 spiro atoms. The Bertz CT molecular complexity index is 375. The van der Waals surface area contributed by atoms with Gasteiger partial charge in [0.15, 0.2) is 0 Å². The Kier molecular flexibility index (Phi) is 4.82. The van der Waals surface area contributed by atoms with Gasteiger partial charge in [-0.1, -0.05) is 11.6 Å². The van der Waals surface area contributed by atoms with Crippen LogP contribution in [0.5, 0.6) is 0 Å². The summed E-state index contributed by atoms with van der Waals surface area (Å²) in [6, 6.07) is -0.458. The zero-order valence-electron chi connectivity index (χ0n) is 11.2. The Morgan fingerprint density at radius 1 is 1.42 bits per heavy atom. The van der Waals surface area contributed by atoms with Crippen molar-refractivity contribution in [1.29, 1.82) is 0 Å². The van der Waals surface area contributed by atoms with Gasteiger partial charge in [-0.3, -0.25) is 4.79 Å². The predicted octanol–water partition coefficient (Wildman–Crippen LogP) is 2.04. The van der Waals surface area contributed by atoms with Crippen molar-refractivity contribution in [2.45, 2.75) is 51.0 Å². The highest BCUT2D eigenvalue weighted by Gasteiger charge is 2.33. The van der Waals surface area contributed by atoms with Crippen LogP contribution < -0.4 is 10.6 Å². The molecule has 5 heteroatoms. The Morgan fingerprint density at radius 2 is 2.21 bits per heavy atom. The van der Waals surface area contributed by atoms with E-state index < -0.39 is 5.97 Å². The molecule has 1 unspecified atom stereocenters. The van der Waals surface area contributed by atoms with Gasteiger partial charge in [0.05, 0.1) is 6.42 Å². The second-order valence-corrected chi connectivity index (χ2v) is 5.45. The molecule has 1 atom stereocenters. The van der Waals surface area contributed by atoms with Gasteiger partial charge >= 0.3 is 12.0 Å². The number of carboxylic acids is 1. The van der Waals surface area contributed by atoms with Crippen molar-refractivity contribution in [3.63, 3.8) is 0 Å². The summed E-state index contributed by atoms with van der Waals surface area (Å²) in [5, 5.41) is 14.4. The molecule has 1 saturated carbocycles. The summed E-state index contributed by atoms with van der Waals surface area (Å²) >= 11 is 0. The number of aliphatic carboxylic acids is 1. The number of urea groups is 1. The predicted molar refractivity (Wildman–Crippen MR) is 71.9 cm³/mol. The molecule has 2 aliphatic carbocycles. The van der Waals surface area contributed by atoms with Crippen LogP contribution in [-0.2, 0) is 4.79 Å². The first-order valence-electron chi connectivity index (χ1n) is 7.09. The average Bonchev–Trinajstić information content (AvgIpc) is 3.07. The molecule has 0 radical (unpaired) electrons. The lowest BCUT2D eigenvalue weighted by atomic mass is 10.1. The van der Waals surface area contributed by atoms with E-state index in [2.05, 4.69) is 16.7 Å². The van der Waals surface area contributed by atoms with E-state index in [0.29, 0.717) is 12.5 Å². The smallest absolute Gasteiger partial charge is 0.315 e. The largest absolute Gasteiger partial charge is 0.481 e. The first-order valence-corrected chi connectivity index (χ1v) is 7.09. The third-order valence-electron chi connectivity index (χ3n) is 3.77. The first kappa shape index (κ1) is 13.9. The van der Waals surface area contributed by atoms with Gasteiger partial charge in [-0.15, -0.1) is 0 Å². The maximum atomic E-state index is 11.7. The number of carbonyl (C=O) groups is 2. The molecule has 1 fully saturated rings. The van der Waals surface area contributed by atoms with Crippen LogP contribution in [-0.4, -0.2) is 29.7 Å². The van der Waals surface area contributed by atoms with Crippen LogP contribution in [0, 0.1) is 5.92 Å². The Balaban J connectivity index is 1.65. The molecule has 3 N–H and O–H groups in total. The summed E-state index contributed by atoms with van der Waals surface area (Å²) in [4.78, 5) is 22.4. The molecule has 0 aromatic heterocycles. The average molecular weight is 266 g/mol. The van der Waals surface area contributed by atoms with Crippen LogP contribution in [0.4, 0.5) is 4.79 Å². The zero-order chi connectivity index (χ0) is 13.7. The van der Waals surface area contributed by atoms with Crippen molar-refractivity contribution in [2.24, 2.45) is 5.92 Å². The summed E-state index contributed by atoms with van der Waals surface area (Å²) in [6.45, 7) is 0.627.